The highest BCUT2D eigenvalue weighted by Crippen LogP contribution is 2.17. The Morgan fingerprint density at radius 2 is 0.619 bits per heavy atom. The van der Waals surface area contributed by atoms with Crippen molar-refractivity contribution in [3.63, 3.8) is 0 Å². The first-order valence-electron chi connectivity index (χ1n) is 22.4. The van der Waals surface area contributed by atoms with Crippen LogP contribution in [-0.4, -0.2) is 83.4 Å². The smallest absolute Gasteiger partial charge is 0.119 e. The van der Waals surface area contributed by atoms with E-state index in [1.807, 2.05) is 103 Å². The molecule has 5 heterocycles. The quantitative estimate of drug-likeness (QED) is 0.0839. The molecule has 0 spiro atoms. The zero-order valence-electron chi connectivity index (χ0n) is 38.1. The van der Waals surface area contributed by atoms with E-state index < -0.39 is 0 Å². The summed E-state index contributed by atoms with van der Waals surface area (Å²) in [5.74, 6) is 4.08. The van der Waals surface area contributed by atoms with Gasteiger partial charge in [-0.25, -0.2) is 19.6 Å². The second kappa shape index (κ2) is 31.1. The summed E-state index contributed by atoms with van der Waals surface area (Å²) >= 11 is 0. The monoisotopic (exact) mass is 866 g/mol. The van der Waals surface area contributed by atoms with Gasteiger partial charge in [-0.2, -0.15) is 0 Å². The Morgan fingerprint density at radius 3 is 0.762 bits per heavy atom. The van der Waals surface area contributed by atoms with Crippen LogP contribution in [0.1, 0.15) is 77.3 Å². The lowest BCUT2D eigenvalue weighted by atomic mass is 10.0. The second-order valence-corrected chi connectivity index (χ2v) is 15.7. The Bertz CT molecular complexity index is 1590. The topological polar surface area (TPSA) is 102 Å². The molecular weight excluding hydrogens is 797 g/mol. The van der Waals surface area contributed by atoms with Gasteiger partial charge in [-0.3, -0.25) is 0 Å². The van der Waals surface area contributed by atoms with Crippen molar-refractivity contribution in [2.45, 2.75) is 96.7 Å². The van der Waals surface area contributed by atoms with Crippen LogP contribution in [0, 0.1) is 0 Å². The minimum Gasteiger partial charge on any atom is -0.491 e. The van der Waals surface area contributed by atoms with Crippen LogP contribution in [0.4, 0.5) is 0 Å². The maximum Gasteiger partial charge on any atom is 0.119 e. The molecule has 0 aromatic heterocycles. The van der Waals surface area contributed by atoms with Gasteiger partial charge in [0.2, 0.25) is 0 Å². The first kappa shape index (κ1) is 50.9. The molecule has 5 aliphatic rings. The third kappa shape index (κ3) is 25.2. The predicted octanol–water partition coefficient (Wildman–Crippen LogP) is 11.5. The molecule has 5 unspecified atom stereocenters. The summed E-state index contributed by atoms with van der Waals surface area (Å²) in [6.07, 6.45) is 3.95. The molecule has 10 rings (SSSR count). The van der Waals surface area contributed by atoms with Gasteiger partial charge in [-0.15, -0.1) is 0 Å². The third-order valence-corrected chi connectivity index (χ3v) is 9.50. The fourth-order valence-corrected chi connectivity index (χ4v) is 4.99. The minimum absolute atomic E-state index is 0.343. The Kier molecular flexibility index (Phi) is 25.1. The molecule has 342 valence electrons. The summed E-state index contributed by atoms with van der Waals surface area (Å²) in [5.41, 5.74) is 2.83. The number of hydrogen-bond acceptors (Lipinski definition) is 10. The molecule has 5 saturated heterocycles. The molecular formula is C53H70O10. The Morgan fingerprint density at radius 1 is 0.381 bits per heavy atom. The van der Waals surface area contributed by atoms with E-state index in [0.29, 0.717) is 62.2 Å². The van der Waals surface area contributed by atoms with Gasteiger partial charge < -0.3 is 28.4 Å². The number of ether oxygens (including phenoxy) is 6. The molecule has 10 nitrogen and oxygen atoms in total. The summed E-state index contributed by atoms with van der Waals surface area (Å²) in [4.78, 5) is 18.0. The SMILES string of the molecule is CC(C)c1ccccc1.CC(C)c1ccccc1.CCC1COO1.CCC1COO1.c1ccc(OCC2CO2)cc1.c1ccc(OCC2CO2)cc1.c1ccc(OCC2CO2)cc1. The van der Waals surface area contributed by atoms with Gasteiger partial charge in [-0.1, -0.05) is 157 Å². The molecule has 0 saturated carbocycles. The fraction of sp³-hybridized carbons (Fsp3) is 0.434. The normalized spacial score (nSPS) is 20.2. The number of benzene rings is 5. The van der Waals surface area contributed by atoms with Gasteiger partial charge in [0.25, 0.3) is 0 Å². The zero-order valence-corrected chi connectivity index (χ0v) is 38.1. The average Bonchev–Trinajstić information content (AvgIpc) is 4.13. The first-order chi connectivity index (χ1) is 30.8. The van der Waals surface area contributed by atoms with Crippen molar-refractivity contribution in [1.29, 1.82) is 0 Å². The van der Waals surface area contributed by atoms with Gasteiger partial charge >= 0.3 is 0 Å². The Labute approximate surface area is 376 Å². The van der Waals surface area contributed by atoms with E-state index in [4.69, 9.17) is 28.4 Å². The highest BCUT2D eigenvalue weighted by molar-refractivity contribution is 5.23. The molecule has 5 fully saturated rings. The third-order valence-electron chi connectivity index (χ3n) is 9.50. The van der Waals surface area contributed by atoms with Crippen LogP contribution in [0.3, 0.4) is 0 Å². The summed E-state index contributed by atoms with van der Waals surface area (Å²) in [7, 11) is 0. The molecule has 5 aliphatic heterocycles. The first-order valence-corrected chi connectivity index (χ1v) is 22.4. The highest BCUT2D eigenvalue weighted by Gasteiger charge is 2.24. The van der Waals surface area contributed by atoms with E-state index >= 15 is 0 Å². The maximum atomic E-state index is 5.40. The molecule has 0 N–H and O–H groups in total. The Hall–Kier alpha value is -4.78. The lowest BCUT2D eigenvalue weighted by Gasteiger charge is -2.22. The van der Waals surface area contributed by atoms with E-state index in [0.717, 1.165) is 63.1 Å². The van der Waals surface area contributed by atoms with E-state index in [-0.39, 0.29) is 0 Å². The summed E-state index contributed by atoms with van der Waals surface area (Å²) in [6.45, 7) is 19.2. The van der Waals surface area contributed by atoms with Crippen LogP contribution in [0.5, 0.6) is 17.2 Å². The van der Waals surface area contributed by atoms with Gasteiger partial charge in [-0.05, 0) is 72.2 Å². The van der Waals surface area contributed by atoms with E-state index in [1.165, 1.54) is 11.1 Å². The summed E-state index contributed by atoms with van der Waals surface area (Å²) in [5, 5.41) is 0. The van der Waals surface area contributed by atoms with Crippen molar-refractivity contribution in [2.24, 2.45) is 0 Å². The van der Waals surface area contributed by atoms with E-state index in [2.05, 4.69) is 110 Å². The fourth-order valence-electron chi connectivity index (χ4n) is 4.99. The number of para-hydroxylation sites is 3. The van der Waals surface area contributed by atoms with Crippen molar-refractivity contribution in [1.82, 2.24) is 0 Å². The van der Waals surface area contributed by atoms with Crippen molar-refractivity contribution < 1.29 is 48.0 Å². The van der Waals surface area contributed by atoms with Gasteiger partial charge in [0.15, 0.2) is 0 Å². The number of hydrogen-bond donors (Lipinski definition) is 0. The maximum absolute atomic E-state index is 5.40. The molecule has 5 aromatic rings. The average molecular weight is 867 g/mol. The molecule has 5 atom stereocenters. The highest BCUT2D eigenvalue weighted by atomic mass is 17.2. The number of rotatable bonds is 13. The molecule has 0 bridgehead atoms. The standard InChI is InChI=1S/3C9H10O2.2C9H12.2C4H8O2/c3*1-2-4-8(5-3-1)10-6-9-7-11-9;2*1-8(2)9-6-4-3-5-7-9;2*1-2-4-3-5-6-4/h3*1-5,9H,6-7H2;2*3-8H,1-2H3;2*4H,2-3H2,1H3. The van der Waals surface area contributed by atoms with Crippen LogP contribution < -0.4 is 14.2 Å². The van der Waals surface area contributed by atoms with Crippen molar-refractivity contribution in [3.05, 3.63) is 163 Å². The lowest BCUT2D eigenvalue weighted by Crippen LogP contribution is -2.29. The lowest BCUT2D eigenvalue weighted by molar-refractivity contribution is -0.424. The van der Waals surface area contributed by atoms with Gasteiger partial charge in [0.05, 0.1) is 19.8 Å². The summed E-state index contributed by atoms with van der Waals surface area (Å²) < 4.78 is 31.2. The van der Waals surface area contributed by atoms with Gasteiger partial charge in [0, 0.05) is 0 Å². The molecule has 5 aromatic carbocycles. The molecule has 0 amide bonds. The Balaban J connectivity index is 0.000000163. The minimum atomic E-state index is 0.343. The molecule has 0 radical (unpaired) electrons. The molecule has 63 heavy (non-hydrogen) atoms. The molecule has 0 aliphatic carbocycles. The van der Waals surface area contributed by atoms with E-state index in [1.54, 1.807) is 0 Å². The summed E-state index contributed by atoms with van der Waals surface area (Å²) in [6, 6.07) is 50.4. The van der Waals surface area contributed by atoms with Crippen LogP contribution in [-0.2, 0) is 33.8 Å². The van der Waals surface area contributed by atoms with Crippen LogP contribution in [0.15, 0.2) is 152 Å². The van der Waals surface area contributed by atoms with Crippen LogP contribution in [0.25, 0.3) is 0 Å². The van der Waals surface area contributed by atoms with Crippen LogP contribution >= 0.6 is 0 Å². The number of epoxide rings is 3. The largest absolute Gasteiger partial charge is 0.491 e. The van der Waals surface area contributed by atoms with Crippen molar-refractivity contribution >= 4 is 0 Å². The second-order valence-electron chi connectivity index (χ2n) is 15.7. The predicted molar refractivity (Wildman–Crippen MR) is 248 cm³/mol. The van der Waals surface area contributed by atoms with Crippen LogP contribution in [0.2, 0.25) is 0 Å². The van der Waals surface area contributed by atoms with E-state index in [9.17, 15) is 0 Å². The molecule has 10 heteroatoms. The van der Waals surface area contributed by atoms with Crippen molar-refractivity contribution in [3.8, 4) is 17.2 Å². The van der Waals surface area contributed by atoms with Crippen molar-refractivity contribution in [2.75, 3.05) is 52.9 Å². The zero-order chi connectivity index (χ0) is 44.7. The van der Waals surface area contributed by atoms with Gasteiger partial charge in [0.1, 0.15) is 80.8 Å².